The molecule has 0 spiro atoms. The van der Waals surface area contributed by atoms with E-state index in [1.54, 1.807) is 0 Å². The number of amides is 1. The van der Waals surface area contributed by atoms with Gasteiger partial charge in [-0.2, -0.15) is 0 Å². The monoisotopic (exact) mass is 391 g/mol. The molecule has 1 saturated heterocycles. The van der Waals surface area contributed by atoms with E-state index in [0.29, 0.717) is 18.4 Å². The molecular formula is C24H29N3O2. The molecule has 29 heavy (non-hydrogen) atoms. The van der Waals surface area contributed by atoms with Crippen LogP contribution in [0.3, 0.4) is 0 Å². The standard InChI is InChI=1S/C24H29N3O2/c1-16(2)15-29-20-7-5-19(6-8-20)24(28)27-12-10-18(11-13-27)23-25-21-9-4-17(3)14-22(21)26-23/h4-9,14,16,18H,10-13,15H2,1-3H3,(H,25,26). The number of benzene rings is 2. The molecule has 2 heterocycles. The largest absolute Gasteiger partial charge is 0.493 e. The van der Waals surface area contributed by atoms with E-state index in [1.165, 1.54) is 5.56 Å². The van der Waals surface area contributed by atoms with E-state index >= 15 is 0 Å². The second-order valence-electron chi connectivity index (χ2n) is 8.44. The third-order valence-electron chi connectivity index (χ3n) is 5.51. The lowest BCUT2D eigenvalue weighted by molar-refractivity contribution is 0.0711. The molecule has 4 rings (SSSR count). The zero-order valence-corrected chi connectivity index (χ0v) is 17.4. The first-order chi connectivity index (χ1) is 14.0. The molecule has 0 aliphatic carbocycles. The molecule has 1 aliphatic heterocycles. The van der Waals surface area contributed by atoms with Crippen molar-refractivity contribution < 1.29 is 9.53 Å². The number of piperidine rings is 1. The minimum absolute atomic E-state index is 0.0964. The van der Waals surface area contributed by atoms with Crippen molar-refractivity contribution >= 4 is 16.9 Å². The van der Waals surface area contributed by atoms with E-state index < -0.39 is 0 Å². The van der Waals surface area contributed by atoms with Crippen molar-refractivity contribution in [3.8, 4) is 5.75 Å². The van der Waals surface area contributed by atoms with Gasteiger partial charge >= 0.3 is 0 Å². The number of rotatable bonds is 5. The molecular weight excluding hydrogens is 362 g/mol. The second-order valence-corrected chi connectivity index (χ2v) is 8.44. The third-order valence-corrected chi connectivity index (χ3v) is 5.51. The van der Waals surface area contributed by atoms with Crippen LogP contribution in [0.2, 0.25) is 0 Å². The normalized spacial score (nSPS) is 15.2. The van der Waals surface area contributed by atoms with Gasteiger partial charge in [0.05, 0.1) is 17.6 Å². The van der Waals surface area contributed by atoms with Gasteiger partial charge in [-0.05, 0) is 67.6 Å². The Morgan fingerprint density at radius 3 is 2.59 bits per heavy atom. The molecule has 0 unspecified atom stereocenters. The van der Waals surface area contributed by atoms with Crippen LogP contribution in [-0.2, 0) is 0 Å². The molecule has 152 valence electrons. The van der Waals surface area contributed by atoms with Crippen molar-refractivity contribution in [2.45, 2.75) is 39.5 Å². The van der Waals surface area contributed by atoms with Gasteiger partial charge in [-0.3, -0.25) is 4.79 Å². The van der Waals surface area contributed by atoms with E-state index in [2.05, 4.69) is 44.0 Å². The van der Waals surface area contributed by atoms with E-state index in [4.69, 9.17) is 9.72 Å². The number of aryl methyl sites for hydroxylation is 1. The van der Waals surface area contributed by atoms with Gasteiger partial charge in [-0.25, -0.2) is 4.98 Å². The van der Waals surface area contributed by atoms with Crippen LogP contribution in [0.1, 0.15) is 54.4 Å². The summed E-state index contributed by atoms with van der Waals surface area (Å²) < 4.78 is 5.71. The average molecular weight is 392 g/mol. The maximum atomic E-state index is 12.9. The Hall–Kier alpha value is -2.82. The van der Waals surface area contributed by atoms with Crippen LogP contribution in [0.25, 0.3) is 11.0 Å². The quantitative estimate of drug-likeness (QED) is 0.671. The average Bonchev–Trinajstić information content (AvgIpc) is 3.15. The molecule has 1 N–H and O–H groups in total. The molecule has 0 atom stereocenters. The van der Waals surface area contributed by atoms with Gasteiger partial charge in [0.25, 0.3) is 5.91 Å². The first-order valence-corrected chi connectivity index (χ1v) is 10.5. The van der Waals surface area contributed by atoms with Crippen LogP contribution in [-0.4, -0.2) is 40.5 Å². The molecule has 1 aromatic heterocycles. The Labute approximate surface area is 172 Å². The molecule has 2 aromatic carbocycles. The van der Waals surface area contributed by atoms with Crippen molar-refractivity contribution in [1.29, 1.82) is 0 Å². The molecule has 1 aliphatic rings. The summed E-state index contributed by atoms with van der Waals surface area (Å²) in [6, 6.07) is 13.8. The lowest BCUT2D eigenvalue weighted by atomic mass is 9.95. The summed E-state index contributed by atoms with van der Waals surface area (Å²) >= 11 is 0. The van der Waals surface area contributed by atoms with E-state index in [1.807, 2.05) is 29.2 Å². The zero-order valence-electron chi connectivity index (χ0n) is 17.4. The number of aromatic amines is 1. The van der Waals surface area contributed by atoms with Crippen molar-refractivity contribution in [3.05, 3.63) is 59.4 Å². The number of nitrogens with zero attached hydrogens (tertiary/aromatic N) is 2. The van der Waals surface area contributed by atoms with Gasteiger partial charge in [0, 0.05) is 24.6 Å². The van der Waals surface area contributed by atoms with Gasteiger partial charge in [0.2, 0.25) is 0 Å². The molecule has 0 radical (unpaired) electrons. The summed E-state index contributed by atoms with van der Waals surface area (Å²) in [5, 5.41) is 0. The number of likely N-dealkylation sites (tertiary alicyclic amines) is 1. The molecule has 3 aromatic rings. The Morgan fingerprint density at radius 2 is 1.90 bits per heavy atom. The number of ether oxygens (including phenoxy) is 1. The number of hydrogen-bond donors (Lipinski definition) is 1. The van der Waals surface area contributed by atoms with Crippen LogP contribution in [0, 0.1) is 12.8 Å². The second kappa shape index (κ2) is 8.27. The maximum Gasteiger partial charge on any atom is 0.253 e. The van der Waals surface area contributed by atoms with Crippen molar-refractivity contribution in [3.63, 3.8) is 0 Å². The van der Waals surface area contributed by atoms with E-state index in [-0.39, 0.29) is 5.91 Å². The van der Waals surface area contributed by atoms with Gasteiger partial charge in [0.15, 0.2) is 0 Å². The summed E-state index contributed by atoms with van der Waals surface area (Å²) in [6.07, 6.45) is 1.86. The zero-order chi connectivity index (χ0) is 20.4. The summed E-state index contributed by atoms with van der Waals surface area (Å²) in [5.74, 6) is 2.81. The number of imidazole rings is 1. The Kier molecular flexibility index (Phi) is 5.56. The maximum absolute atomic E-state index is 12.9. The first-order valence-electron chi connectivity index (χ1n) is 10.5. The van der Waals surface area contributed by atoms with Gasteiger partial charge < -0.3 is 14.6 Å². The first kappa shape index (κ1) is 19.5. The highest BCUT2D eigenvalue weighted by Gasteiger charge is 2.26. The van der Waals surface area contributed by atoms with Gasteiger partial charge in [-0.15, -0.1) is 0 Å². The lowest BCUT2D eigenvalue weighted by Crippen LogP contribution is -2.38. The Bertz CT molecular complexity index is 983. The van der Waals surface area contributed by atoms with Crippen LogP contribution in [0.5, 0.6) is 5.75 Å². The number of nitrogens with one attached hydrogen (secondary N) is 1. The lowest BCUT2D eigenvalue weighted by Gasteiger charge is -2.31. The summed E-state index contributed by atoms with van der Waals surface area (Å²) in [7, 11) is 0. The summed E-state index contributed by atoms with van der Waals surface area (Å²) in [6.45, 7) is 8.52. The fraction of sp³-hybridized carbons (Fsp3) is 0.417. The van der Waals surface area contributed by atoms with E-state index in [9.17, 15) is 4.79 Å². The van der Waals surface area contributed by atoms with Crippen molar-refractivity contribution in [2.24, 2.45) is 5.92 Å². The predicted octanol–water partition coefficient (Wildman–Crippen LogP) is 4.93. The number of hydrogen-bond acceptors (Lipinski definition) is 3. The number of carbonyl (C=O) groups excluding carboxylic acids is 1. The molecule has 5 heteroatoms. The Balaban J connectivity index is 1.36. The van der Waals surface area contributed by atoms with Crippen molar-refractivity contribution in [2.75, 3.05) is 19.7 Å². The van der Waals surface area contributed by atoms with Crippen LogP contribution < -0.4 is 4.74 Å². The summed E-state index contributed by atoms with van der Waals surface area (Å²) in [4.78, 5) is 23.1. The topological polar surface area (TPSA) is 58.2 Å². The fourth-order valence-corrected chi connectivity index (χ4v) is 3.83. The predicted molar refractivity (Wildman–Crippen MR) is 115 cm³/mol. The third kappa shape index (κ3) is 4.44. The molecule has 1 fully saturated rings. The number of fused-ring (bicyclic) bond motifs is 1. The van der Waals surface area contributed by atoms with Crippen LogP contribution >= 0.6 is 0 Å². The minimum atomic E-state index is 0.0964. The van der Waals surface area contributed by atoms with Crippen molar-refractivity contribution in [1.82, 2.24) is 14.9 Å². The van der Waals surface area contributed by atoms with Gasteiger partial charge in [0.1, 0.15) is 11.6 Å². The number of carbonyl (C=O) groups is 1. The number of H-pyrrole nitrogens is 1. The van der Waals surface area contributed by atoms with E-state index in [0.717, 1.165) is 54.1 Å². The molecule has 0 bridgehead atoms. The SMILES string of the molecule is Cc1ccc2nc(C3CCN(C(=O)c4ccc(OCC(C)C)cc4)CC3)[nH]c2c1. The molecule has 0 saturated carbocycles. The molecule has 5 nitrogen and oxygen atoms in total. The van der Waals surface area contributed by atoms with Crippen LogP contribution in [0.15, 0.2) is 42.5 Å². The molecule has 1 amide bonds. The van der Waals surface area contributed by atoms with Gasteiger partial charge in [-0.1, -0.05) is 19.9 Å². The van der Waals surface area contributed by atoms with Crippen LogP contribution in [0.4, 0.5) is 0 Å². The Morgan fingerprint density at radius 1 is 1.17 bits per heavy atom. The smallest absolute Gasteiger partial charge is 0.253 e. The highest BCUT2D eigenvalue weighted by Crippen LogP contribution is 2.29. The summed E-state index contributed by atoms with van der Waals surface area (Å²) in [5.41, 5.74) is 4.07. The minimum Gasteiger partial charge on any atom is -0.493 e. The highest BCUT2D eigenvalue weighted by atomic mass is 16.5. The number of aromatic nitrogens is 2. The fourth-order valence-electron chi connectivity index (χ4n) is 3.83. The highest BCUT2D eigenvalue weighted by molar-refractivity contribution is 5.94.